The fourth-order valence-electron chi connectivity index (χ4n) is 7.61. The molecule has 2 heterocycles. The van der Waals surface area contributed by atoms with Gasteiger partial charge in [0.15, 0.2) is 5.96 Å². The zero-order valence-electron chi connectivity index (χ0n) is 24.9. The number of aliphatic imine (C=N–C) groups is 1. The monoisotopic (exact) mass is 609 g/mol. The number of benzene rings is 2. The van der Waals surface area contributed by atoms with Crippen LogP contribution in [0.5, 0.6) is 0 Å². The van der Waals surface area contributed by atoms with Gasteiger partial charge in [0.1, 0.15) is 0 Å². The first-order chi connectivity index (χ1) is 20.0. The molecule has 3 saturated carbocycles. The number of halogens is 2. The number of fused-ring (bicyclic) bond motifs is 3. The van der Waals surface area contributed by atoms with Crippen LogP contribution in [-0.4, -0.2) is 51.3 Å². The van der Waals surface area contributed by atoms with Gasteiger partial charge in [0.05, 0.1) is 23.3 Å². The molecule has 3 aromatic rings. The van der Waals surface area contributed by atoms with Gasteiger partial charge in [0.2, 0.25) is 0 Å². The lowest BCUT2D eigenvalue weighted by molar-refractivity contribution is -0.188. The van der Waals surface area contributed by atoms with Crippen LogP contribution in [0.2, 0.25) is 10.0 Å². The molecule has 3 aliphatic carbocycles. The highest BCUT2D eigenvalue weighted by Crippen LogP contribution is 2.69. The molecule has 2 unspecified atom stereocenters. The van der Waals surface area contributed by atoms with Crippen LogP contribution < -0.4 is 10.9 Å². The Morgan fingerprint density at radius 1 is 1.19 bits per heavy atom. The Balaban J connectivity index is 1.24. The van der Waals surface area contributed by atoms with Crippen molar-refractivity contribution in [3.63, 3.8) is 0 Å². The topological polar surface area (TPSA) is 82.8 Å². The molecule has 224 valence electrons. The summed E-state index contributed by atoms with van der Waals surface area (Å²) in [7, 11) is 0. The number of aryl methyl sites for hydroxylation is 2. The van der Waals surface area contributed by atoms with Crippen molar-refractivity contribution < 1.29 is 5.11 Å². The Kier molecular flexibility index (Phi) is 7.82. The van der Waals surface area contributed by atoms with E-state index in [1.165, 1.54) is 6.42 Å². The van der Waals surface area contributed by atoms with E-state index < -0.39 is 0 Å². The van der Waals surface area contributed by atoms with Crippen LogP contribution in [-0.2, 0) is 13.0 Å². The van der Waals surface area contributed by atoms with Crippen molar-refractivity contribution in [2.45, 2.75) is 66.0 Å². The van der Waals surface area contributed by atoms with E-state index in [1.54, 1.807) is 23.0 Å². The van der Waals surface area contributed by atoms with Gasteiger partial charge in [-0.25, -0.2) is 9.98 Å². The lowest BCUT2D eigenvalue weighted by Gasteiger charge is -2.68. The van der Waals surface area contributed by atoms with E-state index in [4.69, 9.17) is 28.2 Å². The zero-order chi connectivity index (χ0) is 29.8. The fourth-order valence-corrected chi connectivity index (χ4v) is 8.12. The fraction of sp³-hybridized carbons (Fsp3) is 0.545. The molecule has 2 N–H and O–H groups in total. The first-order valence-electron chi connectivity index (χ1n) is 15.1. The number of aliphatic hydroxyl groups is 1. The van der Waals surface area contributed by atoms with Crippen molar-refractivity contribution >= 4 is 45.8 Å². The number of likely N-dealkylation sites (tertiary alicyclic amines) is 1. The first kappa shape index (κ1) is 29.5. The first-order valence-corrected chi connectivity index (χ1v) is 15.9. The van der Waals surface area contributed by atoms with Gasteiger partial charge in [0, 0.05) is 47.9 Å². The SMILES string of the molecule is C[C@@H]1C(N=C(Nc2ccc3c(=O)n(CCc4ccc(Cl)cc4Cl)cnc3c2)N2CCC(CO)C2)C[C@@H]2C[C@@]1(C)C2(C)C. The smallest absolute Gasteiger partial charge is 0.261 e. The molecule has 42 heavy (non-hydrogen) atoms. The van der Waals surface area contributed by atoms with Gasteiger partial charge in [-0.2, -0.15) is 0 Å². The molecule has 0 amide bonds. The summed E-state index contributed by atoms with van der Waals surface area (Å²) < 4.78 is 1.63. The maximum atomic E-state index is 13.3. The van der Waals surface area contributed by atoms with Gasteiger partial charge < -0.3 is 15.3 Å². The predicted molar refractivity (Wildman–Crippen MR) is 172 cm³/mol. The number of rotatable bonds is 6. The standard InChI is InChI=1S/C33H41Cl2N5O2/c1-20-28(13-23-16-33(20,4)32(23,2)3)38-31(39-11-9-21(17-39)18-41)37-25-7-8-26-29(15-25)36-19-40(30(26)42)12-10-22-5-6-24(34)14-27(22)35/h5-8,14-15,19-21,23,28,41H,9-13,16-18H2,1-4H3,(H,37,38)/t20-,21?,23-,28?,33-/m1/s1. The molecule has 1 aromatic heterocycles. The molecule has 4 fully saturated rings. The number of anilines is 1. The van der Waals surface area contributed by atoms with Gasteiger partial charge in [-0.05, 0) is 84.2 Å². The lowest BCUT2D eigenvalue weighted by Crippen LogP contribution is -2.63. The van der Waals surface area contributed by atoms with Crippen molar-refractivity contribution in [3.05, 3.63) is 68.7 Å². The van der Waals surface area contributed by atoms with Crippen molar-refractivity contribution in [1.82, 2.24) is 14.5 Å². The molecular formula is C33H41Cl2N5O2. The number of aromatic nitrogens is 2. The molecular weight excluding hydrogens is 569 g/mol. The summed E-state index contributed by atoms with van der Waals surface area (Å²) >= 11 is 12.4. The molecule has 2 aromatic carbocycles. The summed E-state index contributed by atoms with van der Waals surface area (Å²) in [5.41, 5.74) is 2.99. The van der Waals surface area contributed by atoms with E-state index in [9.17, 15) is 9.90 Å². The second-order valence-electron chi connectivity index (χ2n) is 13.5. The van der Waals surface area contributed by atoms with Crippen molar-refractivity contribution in [3.8, 4) is 0 Å². The summed E-state index contributed by atoms with van der Waals surface area (Å²) in [6.07, 6.45) is 5.55. The van der Waals surface area contributed by atoms with Gasteiger partial charge in [0.25, 0.3) is 5.56 Å². The molecule has 0 spiro atoms. The predicted octanol–water partition coefficient (Wildman–Crippen LogP) is 6.49. The zero-order valence-corrected chi connectivity index (χ0v) is 26.4. The molecule has 0 radical (unpaired) electrons. The van der Waals surface area contributed by atoms with Gasteiger partial charge in [-0.1, -0.05) is 57.0 Å². The molecule has 2 bridgehead atoms. The van der Waals surface area contributed by atoms with E-state index in [0.717, 1.165) is 43.1 Å². The number of nitrogens with zero attached hydrogens (tertiary/aromatic N) is 4. The average molecular weight is 611 g/mol. The van der Waals surface area contributed by atoms with Crippen LogP contribution in [0.1, 0.15) is 52.5 Å². The minimum absolute atomic E-state index is 0.0815. The Morgan fingerprint density at radius 2 is 2.00 bits per heavy atom. The highest BCUT2D eigenvalue weighted by Gasteiger charge is 2.64. The third kappa shape index (κ3) is 5.11. The van der Waals surface area contributed by atoms with Crippen LogP contribution in [0.15, 0.2) is 52.5 Å². The summed E-state index contributed by atoms with van der Waals surface area (Å²) in [5, 5.41) is 15.2. The lowest BCUT2D eigenvalue weighted by atomic mass is 9.37. The summed E-state index contributed by atoms with van der Waals surface area (Å²) in [4.78, 5) is 25.6. The molecule has 1 saturated heterocycles. The number of hydrogen-bond donors (Lipinski definition) is 2. The van der Waals surface area contributed by atoms with E-state index in [0.29, 0.717) is 56.6 Å². The van der Waals surface area contributed by atoms with E-state index in [1.807, 2.05) is 24.3 Å². The van der Waals surface area contributed by atoms with Crippen LogP contribution in [0, 0.1) is 28.6 Å². The Morgan fingerprint density at radius 3 is 2.71 bits per heavy atom. The second kappa shape index (κ2) is 11.1. The molecule has 9 heteroatoms. The number of hydrogen-bond acceptors (Lipinski definition) is 4. The van der Waals surface area contributed by atoms with Gasteiger partial charge in [-0.15, -0.1) is 0 Å². The largest absolute Gasteiger partial charge is 0.396 e. The summed E-state index contributed by atoms with van der Waals surface area (Å²) in [6, 6.07) is 11.4. The van der Waals surface area contributed by atoms with Crippen LogP contribution >= 0.6 is 23.2 Å². The number of aliphatic hydroxyl groups excluding tert-OH is 1. The van der Waals surface area contributed by atoms with Gasteiger partial charge >= 0.3 is 0 Å². The molecule has 4 aliphatic rings. The van der Waals surface area contributed by atoms with Crippen molar-refractivity contribution in [1.29, 1.82) is 0 Å². The highest BCUT2D eigenvalue weighted by atomic mass is 35.5. The molecule has 7 rings (SSSR count). The van der Waals surface area contributed by atoms with E-state index in [2.05, 4.69) is 42.9 Å². The minimum atomic E-state index is -0.0815. The Bertz CT molecular complexity index is 1590. The molecule has 7 nitrogen and oxygen atoms in total. The molecule has 1 aliphatic heterocycles. The van der Waals surface area contributed by atoms with Crippen LogP contribution in [0.3, 0.4) is 0 Å². The third-order valence-electron chi connectivity index (χ3n) is 11.1. The Labute approximate surface area is 258 Å². The quantitative estimate of drug-likeness (QED) is 0.246. The second-order valence-corrected chi connectivity index (χ2v) is 14.3. The number of nitrogens with one attached hydrogen (secondary N) is 1. The van der Waals surface area contributed by atoms with Crippen molar-refractivity contribution in [2.75, 3.05) is 25.0 Å². The van der Waals surface area contributed by atoms with Crippen LogP contribution in [0.25, 0.3) is 10.9 Å². The maximum Gasteiger partial charge on any atom is 0.261 e. The highest BCUT2D eigenvalue weighted by molar-refractivity contribution is 6.35. The Hall–Kier alpha value is -2.61. The maximum absolute atomic E-state index is 13.3. The van der Waals surface area contributed by atoms with Crippen molar-refractivity contribution in [2.24, 2.45) is 33.6 Å². The minimum Gasteiger partial charge on any atom is -0.396 e. The third-order valence-corrected chi connectivity index (χ3v) is 11.7. The summed E-state index contributed by atoms with van der Waals surface area (Å²) in [5.74, 6) is 2.29. The van der Waals surface area contributed by atoms with Crippen LogP contribution in [0.4, 0.5) is 5.69 Å². The van der Waals surface area contributed by atoms with E-state index >= 15 is 0 Å². The average Bonchev–Trinajstić information content (AvgIpc) is 3.45. The normalized spacial score (nSPS) is 28.6. The number of guanidine groups is 1. The summed E-state index contributed by atoms with van der Waals surface area (Å²) in [6.45, 7) is 12.0. The van der Waals surface area contributed by atoms with Gasteiger partial charge in [-0.3, -0.25) is 9.36 Å². The molecule has 5 atom stereocenters. The van der Waals surface area contributed by atoms with E-state index in [-0.39, 0.29) is 24.1 Å².